The Bertz CT molecular complexity index is 162. The molecule has 14 heavy (non-hydrogen) atoms. The van der Waals surface area contributed by atoms with Crippen molar-refractivity contribution in [1.29, 1.82) is 0 Å². The maximum Gasteiger partial charge on any atom is 0.220 e. The minimum atomic E-state index is 0.227. The Labute approximate surface area is 87.5 Å². The van der Waals surface area contributed by atoms with Crippen LogP contribution in [0.2, 0.25) is 0 Å². The van der Waals surface area contributed by atoms with Crippen LogP contribution >= 0.6 is 0 Å². The third-order valence-electron chi connectivity index (χ3n) is 3.00. The summed E-state index contributed by atoms with van der Waals surface area (Å²) in [5.41, 5.74) is 0. The molecule has 1 N–H and O–H groups in total. The lowest BCUT2D eigenvalue weighted by Crippen LogP contribution is -2.24. The van der Waals surface area contributed by atoms with Gasteiger partial charge in [0.25, 0.3) is 0 Å². The molecule has 1 fully saturated rings. The Morgan fingerprint density at radius 3 is 2.71 bits per heavy atom. The van der Waals surface area contributed by atoms with E-state index >= 15 is 0 Å². The van der Waals surface area contributed by atoms with Crippen molar-refractivity contribution >= 4 is 5.91 Å². The minimum absolute atomic E-state index is 0.227. The number of rotatable bonds is 6. The largest absolute Gasteiger partial charge is 0.356 e. The van der Waals surface area contributed by atoms with Crippen molar-refractivity contribution in [2.45, 2.75) is 51.4 Å². The first-order valence-electron chi connectivity index (χ1n) is 5.89. The molecule has 1 aliphatic carbocycles. The maximum atomic E-state index is 11.3. The fourth-order valence-electron chi connectivity index (χ4n) is 2.08. The summed E-state index contributed by atoms with van der Waals surface area (Å²) in [5, 5.41) is 2.93. The summed E-state index contributed by atoms with van der Waals surface area (Å²) in [7, 11) is 0. The molecular formula is C12H22NO. The predicted octanol–water partition coefficient (Wildman–Crippen LogP) is 2.69. The van der Waals surface area contributed by atoms with Crippen molar-refractivity contribution in [3.63, 3.8) is 0 Å². The van der Waals surface area contributed by atoms with Gasteiger partial charge in [0.05, 0.1) is 0 Å². The SMILES string of the molecule is [CH2]CCCNC(=O)CCC1CCCC1. The van der Waals surface area contributed by atoms with E-state index in [9.17, 15) is 4.79 Å². The van der Waals surface area contributed by atoms with Crippen LogP contribution in [-0.4, -0.2) is 12.5 Å². The molecule has 1 saturated carbocycles. The van der Waals surface area contributed by atoms with Gasteiger partial charge in [-0.3, -0.25) is 4.79 Å². The van der Waals surface area contributed by atoms with Crippen LogP contribution in [0.15, 0.2) is 0 Å². The van der Waals surface area contributed by atoms with E-state index in [0.717, 1.165) is 38.1 Å². The van der Waals surface area contributed by atoms with Gasteiger partial charge >= 0.3 is 0 Å². The molecule has 0 heterocycles. The number of hydrogen-bond acceptors (Lipinski definition) is 1. The zero-order valence-corrected chi connectivity index (χ0v) is 9.06. The van der Waals surface area contributed by atoms with Crippen LogP contribution in [0.3, 0.4) is 0 Å². The van der Waals surface area contributed by atoms with E-state index in [0.29, 0.717) is 0 Å². The van der Waals surface area contributed by atoms with Gasteiger partial charge in [-0.25, -0.2) is 0 Å². The van der Waals surface area contributed by atoms with Crippen molar-refractivity contribution in [2.24, 2.45) is 5.92 Å². The number of amides is 1. The molecule has 1 rings (SSSR count). The smallest absolute Gasteiger partial charge is 0.220 e. The highest BCUT2D eigenvalue weighted by Gasteiger charge is 2.15. The standard InChI is InChI=1S/C12H22NO/c1-2-3-10-13-12(14)9-8-11-6-4-5-7-11/h11H,1-10H2,(H,13,14). The first-order valence-corrected chi connectivity index (χ1v) is 5.89. The third-order valence-corrected chi connectivity index (χ3v) is 3.00. The highest BCUT2D eigenvalue weighted by Crippen LogP contribution is 2.28. The quantitative estimate of drug-likeness (QED) is 0.650. The molecule has 2 nitrogen and oxygen atoms in total. The van der Waals surface area contributed by atoms with E-state index in [4.69, 9.17) is 0 Å². The molecule has 0 spiro atoms. The number of nitrogens with one attached hydrogen (secondary N) is 1. The van der Waals surface area contributed by atoms with Crippen molar-refractivity contribution in [3.05, 3.63) is 6.92 Å². The van der Waals surface area contributed by atoms with Crippen LogP contribution in [-0.2, 0) is 4.79 Å². The molecular weight excluding hydrogens is 174 g/mol. The lowest BCUT2D eigenvalue weighted by atomic mass is 10.0. The molecule has 0 saturated heterocycles. The summed E-state index contributed by atoms with van der Waals surface area (Å²) in [6, 6.07) is 0. The summed E-state index contributed by atoms with van der Waals surface area (Å²) in [6.07, 6.45) is 9.13. The molecule has 1 amide bonds. The van der Waals surface area contributed by atoms with Gasteiger partial charge in [0.15, 0.2) is 0 Å². The molecule has 0 aromatic rings. The number of carbonyl (C=O) groups excluding carboxylic acids is 1. The lowest BCUT2D eigenvalue weighted by molar-refractivity contribution is -0.121. The Hall–Kier alpha value is -0.530. The monoisotopic (exact) mass is 196 g/mol. The molecule has 0 aromatic carbocycles. The molecule has 0 bridgehead atoms. The summed E-state index contributed by atoms with van der Waals surface area (Å²) in [4.78, 5) is 11.3. The van der Waals surface area contributed by atoms with Gasteiger partial charge in [-0.05, 0) is 18.8 Å². The Morgan fingerprint density at radius 2 is 2.07 bits per heavy atom. The summed E-state index contributed by atoms with van der Waals surface area (Å²) in [5.74, 6) is 1.05. The van der Waals surface area contributed by atoms with E-state index in [-0.39, 0.29) is 5.91 Å². The Morgan fingerprint density at radius 1 is 1.36 bits per heavy atom. The predicted molar refractivity (Wildman–Crippen MR) is 58.8 cm³/mol. The lowest BCUT2D eigenvalue weighted by Gasteiger charge is -2.08. The molecule has 1 aliphatic rings. The van der Waals surface area contributed by atoms with Gasteiger partial charge in [0, 0.05) is 13.0 Å². The van der Waals surface area contributed by atoms with E-state index < -0.39 is 0 Å². The Balaban J connectivity index is 1.96. The van der Waals surface area contributed by atoms with Crippen molar-refractivity contribution < 1.29 is 4.79 Å². The van der Waals surface area contributed by atoms with Crippen LogP contribution in [0, 0.1) is 12.8 Å². The normalized spacial score (nSPS) is 17.2. The van der Waals surface area contributed by atoms with Crippen LogP contribution in [0.25, 0.3) is 0 Å². The second-order valence-corrected chi connectivity index (χ2v) is 4.25. The zero-order chi connectivity index (χ0) is 10.2. The first kappa shape index (κ1) is 11.5. The molecule has 0 atom stereocenters. The molecule has 1 radical (unpaired) electrons. The number of carbonyl (C=O) groups is 1. The van der Waals surface area contributed by atoms with Crippen LogP contribution in [0.5, 0.6) is 0 Å². The van der Waals surface area contributed by atoms with Crippen molar-refractivity contribution in [3.8, 4) is 0 Å². The number of hydrogen-bond donors (Lipinski definition) is 1. The van der Waals surface area contributed by atoms with Crippen molar-refractivity contribution in [1.82, 2.24) is 5.32 Å². The van der Waals surface area contributed by atoms with E-state index in [1.54, 1.807) is 0 Å². The fourth-order valence-corrected chi connectivity index (χ4v) is 2.08. The minimum Gasteiger partial charge on any atom is -0.356 e. The second-order valence-electron chi connectivity index (χ2n) is 4.25. The van der Waals surface area contributed by atoms with Gasteiger partial charge in [0.2, 0.25) is 5.91 Å². The van der Waals surface area contributed by atoms with E-state index in [2.05, 4.69) is 12.2 Å². The van der Waals surface area contributed by atoms with E-state index in [1.807, 2.05) is 0 Å². The summed E-state index contributed by atoms with van der Waals surface area (Å²) >= 11 is 0. The molecule has 0 aromatic heterocycles. The maximum absolute atomic E-state index is 11.3. The van der Waals surface area contributed by atoms with Gasteiger partial charge in [-0.15, -0.1) is 0 Å². The summed E-state index contributed by atoms with van der Waals surface area (Å²) < 4.78 is 0. The molecule has 0 unspecified atom stereocenters. The van der Waals surface area contributed by atoms with Gasteiger partial charge in [-0.2, -0.15) is 0 Å². The van der Waals surface area contributed by atoms with Crippen LogP contribution in [0.4, 0.5) is 0 Å². The van der Waals surface area contributed by atoms with Gasteiger partial charge in [0.1, 0.15) is 0 Å². The van der Waals surface area contributed by atoms with Gasteiger partial charge in [-0.1, -0.05) is 39.0 Å². The fraction of sp³-hybridized carbons (Fsp3) is 0.833. The van der Waals surface area contributed by atoms with Crippen molar-refractivity contribution in [2.75, 3.05) is 6.54 Å². The Kier molecular flexibility index (Phi) is 5.65. The first-order chi connectivity index (χ1) is 6.83. The molecule has 81 valence electrons. The van der Waals surface area contributed by atoms with Gasteiger partial charge < -0.3 is 5.32 Å². The van der Waals surface area contributed by atoms with Crippen LogP contribution < -0.4 is 5.32 Å². The zero-order valence-electron chi connectivity index (χ0n) is 9.06. The average Bonchev–Trinajstić information content (AvgIpc) is 2.68. The third kappa shape index (κ3) is 4.64. The molecule has 2 heteroatoms. The highest BCUT2D eigenvalue weighted by molar-refractivity contribution is 5.75. The topological polar surface area (TPSA) is 29.1 Å². The highest BCUT2D eigenvalue weighted by atomic mass is 16.1. The second kappa shape index (κ2) is 6.86. The van der Waals surface area contributed by atoms with Crippen LogP contribution in [0.1, 0.15) is 51.4 Å². The average molecular weight is 196 g/mol. The summed E-state index contributed by atoms with van der Waals surface area (Å²) in [6.45, 7) is 4.54. The number of unbranched alkanes of at least 4 members (excludes halogenated alkanes) is 1. The van der Waals surface area contributed by atoms with E-state index in [1.165, 1.54) is 25.7 Å². The molecule has 0 aliphatic heterocycles.